The molecule has 4 heteroatoms. The number of carbonyl (C=O) groups is 2. The van der Waals surface area contributed by atoms with Gasteiger partial charge in [0.25, 0.3) is 5.91 Å². The number of rotatable bonds is 3. The first-order chi connectivity index (χ1) is 7.66. The number of benzene rings is 1. The van der Waals surface area contributed by atoms with Crippen LogP contribution >= 0.6 is 0 Å². The van der Waals surface area contributed by atoms with Gasteiger partial charge in [0.2, 0.25) is 0 Å². The third-order valence-corrected chi connectivity index (χ3v) is 2.48. The number of ketones is 1. The van der Waals surface area contributed by atoms with Gasteiger partial charge in [-0.05, 0) is 30.2 Å². The fourth-order valence-electron chi connectivity index (χ4n) is 1.62. The maximum absolute atomic E-state index is 11.6. The Hall–Kier alpha value is -1.68. The van der Waals surface area contributed by atoms with E-state index in [1.54, 1.807) is 6.07 Å². The number of Topliss-reactive ketones (excluding diaryl/α,β-unsaturated/α-hetero) is 1. The van der Waals surface area contributed by atoms with Gasteiger partial charge in [-0.15, -0.1) is 0 Å². The topological polar surface area (TPSA) is 55.4 Å². The molecule has 2 rings (SSSR count). The summed E-state index contributed by atoms with van der Waals surface area (Å²) < 4.78 is 5.26. The molecule has 1 aliphatic rings. The van der Waals surface area contributed by atoms with Gasteiger partial charge in [0, 0.05) is 5.56 Å². The van der Waals surface area contributed by atoms with Crippen molar-refractivity contribution < 1.29 is 14.3 Å². The highest BCUT2D eigenvalue weighted by molar-refractivity contribution is 5.96. The average molecular weight is 219 g/mol. The average Bonchev–Trinajstić information content (AvgIpc) is 2.72. The summed E-state index contributed by atoms with van der Waals surface area (Å²) in [7, 11) is 0. The predicted octanol–water partition coefficient (Wildman–Crippen LogP) is 1.04. The molecule has 1 aromatic rings. The lowest BCUT2D eigenvalue weighted by Gasteiger charge is -2.04. The first-order valence-electron chi connectivity index (χ1n) is 5.14. The Balaban J connectivity index is 2.09. The van der Waals surface area contributed by atoms with Crippen molar-refractivity contribution in [1.29, 1.82) is 0 Å². The zero-order chi connectivity index (χ0) is 11.5. The van der Waals surface area contributed by atoms with E-state index in [0.29, 0.717) is 18.8 Å². The summed E-state index contributed by atoms with van der Waals surface area (Å²) in [4.78, 5) is 22.4. The van der Waals surface area contributed by atoms with Crippen molar-refractivity contribution in [3.05, 3.63) is 34.9 Å². The van der Waals surface area contributed by atoms with Gasteiger partial charge in [0.05, 0.1) is 19.8 Å². The molecular formula is C12H13NO3. The third-order valence-electron chi connectivity index (χ3n) is 2.48. The maximum Gasteiger partial charge on any atom is 0.251 e. The van der Waals surface area contributed by atoms with Crippen molar-refractivity contribution in [2.75, 3.05) is 6.54 Å². The van der Waals surface area contributed by atoms with Crippen molar-refractivity contribution >= 4 is 11.7 Å². The van der Waals surface area contributed by atoms with Crippen LogP contribution in [-0.2, 0) is 22.7 Å². The molecule has 1 amide bonds. The minimum atomic E-state index is -0.218. The molecule has 1 heterocycles. The van der Waals surface area contributed by atoms with Crippen molar-refractivity contribution in [1.82, 2.24) is 5.32 Å². The number of fused-ring (bicyclic) bond motifs is 1. The molecule has 16 heavy (non-hydrogen) atoms. The number of carbonyl (C=O) groups excluding carboxylic acids is 2. The Morgan fingerprint density at radius 1 is 1.31 bits per heavy atom. The number of nitrogens with one attached hydrogen (secondary N) is 1. The van der Waals surface area contributed by atoms with E-state index < -0.39 is 0 Å². The van der Waals surface area contributed by atoms with Crippen LogP contribution < -0.4 is 5.32 Å². The molecule has 0 saturated heterocycles. The lowest BCUT2D eigenvalue weighted by Crippen LogP contribution is -2.28. The monoisotopic (exact) mass is 219 g/mol. The predicted molar refractivity (Wildman–Crippen MR) is 57.9 cm³/mol. The highest BCUT2D eigenvalue weighted by Crippen LogP contribution is 2.20. The quantitative estimate of drug-likeness (QED) is 0.826. The van der Waals surface area contributed by atoms with E-state index in [0.717, 1.165) is 11.1 Å². The van der Waals surface area contributed by atoms with Crippen LogP contribution in [0.25, 0.3) is 0 Å². The Bertz CT molecular complexity index is 440. The van der Waals surface area contributed by atoms with Gasteiger partial charge in [-0.25, -0.2) is 0 Å². The van der Waals surface area contributed by atoms with E-state index in [2.05, 4.69) is 5.32 Å². The summed E-state index contributed by atoms with van der Waals surface area (Å²) in [6.45, 7) is 2.69. The zero-order valence-electron chi connectivity index (χ0n) is 9.08. The summed E-state index contributed by atoms with van der Waals surface area (Å²) in [6.07, 6.45) is 0. The summed E-state index contributed by atoms with van der Waals surface area (Å²) >= 11 is 0. The van der Waals surface area contributed by atoms with Gasteiger partial charge in [0.1, 0.15) is 5.78 Å². The molecule has 84 valence electrons. The molecule has 0 fully saturated rings. The minimum Gasteiger partial charge on any atom is -0.372 e. The van der Waals surface area contributed by atoms with Gasteiger partial charge in [0.15, 0.2) is 0 Å². The lowest BCUT2D eigenvalue weighted by atomic mass is 10.1. The van der Waals surface area contributed by atoms with Crippen LogP contribution in [0.15, 0.2) is 18.2 Å². The summed E-state index contributed by atoms with van der Waals surface area (Å²) in [5.41, 5.74) is 2.75. The first-order valence-corrected chi connectivity index (χ1v) is 5.14. The smallest absolute Gasteiger partial charge is 0.251 e. The van der Waals surface area contributed by atoms with Crippen molar-refractivity contribution in [2.45, 2.75) is 20.1 Å². The Labute approximate surface area is 93.6 Å². The second-order valence-electron chi connectivity index (χ2n) is 3.86. The number of ether oxygens (including phenoxy) is 1. The van der Waals surface area contributed by atoms with Crippen molar-refractivity contribution in [3.63, 3.8) is 0 Å². The van der Waals surface area contributed by atoms with Crippen molar-refractivity contribution in [2.24, 2.45) is 0 Å². The number of hydrogen-bond acceptors (Lipinski definition) is 3. The van der Waals surface area contributed by atoms with Gasteiger partial charge in [-0.3, -0.25) is 9.59 Å². The number of amides is 1. The largest absolute Gasteiger partial charge is 0.372 e. The van der Waals surface area contributed by atoms with Crippen LogP contribution in [-0.4, -0.2) is 18.2 Å². The first kappa shape index (κ1) is 10.8. The second kappa shape index (κ2) is 4.45. The van der Waals surface area contributed by atoms with Gasteiger partial charge in [-0.1, -0.05) is 6.07 Å². The maximum atomic E-state index is 11.6. The molecule has 0 bridgehead atoms. The number of hydrogen-bond donors (Lipinski definition) is 1. The molecule has 4 nitrogen and oxygen atoms in total. The molecule has 1 aromatic carbocycles. The standard InChI is InChI=1S/C12H13NO3/c1-8(14)5-13-12(15)9-2-3-10-6-16-7-11(10)4-9/h2-4H,5-7H2,1H3,(H,13,15). The molecule has 1 aliphatic heterocycles. The lowest BCUT2D eigenvalue weighted by molar-refractivity contribution is -0.116. The second-order valence-corrected chi connectivity index (χ2v) is 3.86. The molecule has 1 N–H and O–H groups in total. The fraction of sp³-hybridized carbons (Fsp3) is 0.333. The summed E-state index contributed by atoms with van der Waals surface area (Å²) in [5, 5.41) is 2.56. The molecule has 0 saturated carbocycles. The van der Waals surface area contributed by atoms with E-state index in [9.17, 15) is 9.59 Å². The van der Waals surface area contributed by atoms with E-state index >= 15 is 0 Å². The van der Waals surface area contributed by atoms with Crippen LogP contribution in [0.5, 0.6) is 0 Å². The Morgan fingerprint density at radius 3 is 2.81 bits per heavy atom. The highest BCUT2D eigenvalue weighted by Gasteiger charge is 2.14. The molecule has 0 aromatic heterocycles. The highest BCUT2D eigenvalue weighted by atomic mass is 16.5. The summed E-state index contributed by atoms with van der Waals surface area (Å²) in [6, 6.07) is 5.46. The summed E-state index contributed by atoms with van der Waals surface area (Å²) in [5.74, 6) is -0.275. The van der Waals surface area contributed by atoms with E-state index in [1.807, 2.05) is 12.1 Å². The molecule has 0 atom stereocenters. The van der Waals surface area contributed by atoms with Crippen LogP contribution in [0, 0.1) is 0 Å². The minimum absolute atomic E-state index is 0.0576. The van der Waals surface area contributed by atoms with Crippen LogP contribution in [0.3, 0.4) is 0 Å². The Morgan fingerprint density at radius 2 is 2.06 bits per heavy atom. The van der Waals surface area contributed by atoms with Crippen LogP contribution in [0.4, 0.5) is 0 Å². The normalized spacial score (nSPS) is 13.3. The van der Waals surface area contributed by atoms with E-state index in [4.69, 9.17) is 4.74 Å². The fourth-order valence-corrected chi connectivity index (χ4v) is 1.62. The SMILES string of the molecule is CC(=O)CNC(=O)c1ccc2c(c1)COC2. The molecule has 0 aliphatic carbocycles. The van der Waals surface area contributed by atoms with E-state index in [1.165, 1.54) is 6.92 Å². The molecule has 0 unspecified atom stereocenters. The molecule has 0 radical (unpaired) electrons. The van der Waals surface area contributed by atoms with Crippen LogP contribution in [0.1, 0.15) is 28.4 Å². The van der Waals surface area contributed by atoms with E-state index in [-0.39, 0.29) is 18.2 Å². The van der Waals surface area contributed by atoms with Crippen LogP contribution in [0.2, 0.25) is 0 Å². The molecular weight excluding hydrogens is 206 g/mol. The zero-order valence-corrected chi connectivity index (χ0v) is 9.08. The van der Waals surface area contributed by atoms with Gasteiger partial charge < -0.3 is 10.1 Å². The van der Waals surface area contributed by atoms with Gasteiger partial charge in [-0.2, -0.15) is 0 Å². The van der Waals surface area contributed by atoms with Crippen molar-refractivity contribution in [3.8, 4) is 0 Å². The molecule has 0 spiro atoms. The van der Waals surface area contributed by atoms with Gasteiger partial charge >= 0.3 is 0 Å². The Kier molecular flexibility index (Phi) is 3.01. The third kappa shape index (κ3) is 2.28.